The highest BCUT2D eigenvalue weighted by Crippen LogP contribution is 2.22. The molecule has 0 aromatic heterocycles. The van der Waals surface area contributed by atoms with Gasteiger partial charge in [0.2, 0.25) is 21.8 Å². The van der Waals surface area contributed by atoms with E-state index < -0.39 is 22.0 Å². The maximum absolute atomic E-state index is 13.5. The second kappa shape index (κ2) is 12.6. The molecular weight excluding hydrogens is 450 g/mol. The molecule has 0 fully saturated rings. The van der Waals surface area contributed by atoms with Crippen LogP contribution in [0.25, 0.3) is 0 Å². The van der Waals surface area contributed by atoms with Gasteiger partial charge in [0.15, 0.2) is 0 Å². The first kappa shape index (κ1) is 27.4. The van der Waals surface area contributed by atoms with Crippen molar-refractivity contribution in [2.75, 3.05) is 30.2 Å². The van der Waals surface area contributed by atoms with E-state index in [0.717, 1.165) is 40.1 Å². The monoisotopic (exact) mass is 487 g/mol. The first-order chi connectivity index (χ1) is 16.0. The topological polar surface area (TPSA) is 86.8 Å². The molecule has 0 aliphatic rings. The summed E-state index contributed by atoms with van der Waals surface area (Å²) in [5.74, 6) is -0.662. The average molecular weight is 488 g/mol. The van der Waals surface area contributed by atoms with Crippen LogP contribution in [0.4, 0.5) is 5.69 Å². The number of anilines is 1. The van der Waals surface area contributed by atoms with Gasteiger partial charge in [0, 0.05) is 13.1 Å². The molecule has 2 rings (SSSR count). The fourth-order valence-electron chi connectivity index (χ4n) is 3.60. The lowest BCUT2D eigenvalue weighted by molar-refractivity contribution is -0.138. The van der Waals surface area contributed by atoms with Crippen molar-refractivity contribution in [1.29, 1.82) is 0 Å². The molecule has 0 aliphatic carbocycles. The Morgan fingerprint density at radius 3 is 2.29 bits per heavy atom. The van der Waals surface area contributed by atoms with Gasteiger partial charge in [0.05, 0.1) is 11.9 Å². The normalized spacial score (nSPS) is 12.1. The van der Waals surface area contributed by atoms with Gasteiger partial charge in [-0.1, -0.05) is 49.7 Å². The van der Waals surface area contributed by atoms with Gasteiger partial charge in [-0.3, -0.25) is 13.9 Å². The molecular formula is C26H37N3O4S. The lowest BCUT2D eigenvalue weighted by Crippen LogP contribution is -2.52. The molecule has 0 aliphatic heterocycles. The van der Waals surface area contributed by atoms with Crippen LogP contribution in [-0.2, 0) is 26.0 Å². The summed E-state index contributed by atoms with van der Waals surface area (Å²) in [7, 11) is -3.72. The van der Waals surface area contributed by atoms with Gasteiger partial charge in [-0.15, -0.1) is 0 Å². The van der Waals surface area contributed by atoms with Crippen LogP contribution >= 0.6 is 0 Å². The molecule has 2 aromatic carbocycles. The SMILES string of the molecule is CCCCNC(=O)[C@@H](C)N(CCc1ccccc1)C(=O)CN(c1ccc(C)c(C)c1)S(C)(=O)=O. The van der Waals surface area contributed by atoms with Gasteiger partial charge in [-0.05, 0) is 62.4 Å². The number of benzene rings is 2. The summed E-state index contributed by atoms with van der Waals surface area (Å²) in [6, 6.07) is 14.3. The maximum atomic E-state index is 13.5. The molecule has 2 amide bonds. The van der Waals surface area contributed by atoms with Crippen molar-refractivity contribution in [1.82, 2.24) is 10.2 Å². The molecule has 0 spiro atoms. The van der Waals surface area contributed by atoms with Crippen LogP contribution in [0.5, 0.6) is 0 Å². The lowest BCUT2D eigenvalue weighted by atomic mass is 10.1. The van der Waals surface area contributed by atoms with E-state index in [1.165, 1.54) is 4.90 Å². The minimum absolute atomic E-state index is 0.244. The molecule has 0 saturated heterocycles. The standard InChI is InChI=1S/C26H37N3O4S/c1-6-7-16-27-26(31)22(4)28(17-15-23-11-9-8-10-12-23)25(30)19-29(34(5,32)33)24-14-13-20(2)21(3)18-24/h8-14,18,22H,6-7,15-17,19H2,1-5H3,(H,27,31)/t22-/m1/s1. The van der Waals surface area contributed by atoms with Crippen LogP contribution in [0, 0.1) is 13.8 Å². The van der Waals surface area contributed by atoms with E-state index in [-0.39, 0.29) is 12.5 Å². The Morgan fingerprint density at radius 2 is 1.71 bits per heavy atom. The van der Waals surface area contributed by atoms with Crippen molar-refractivity contribution in [2.24, 2.45) is 0 Å². The van der Waals surface area contributed by atoms with Gasteiger partial charge >= 0.3 is 0 Å². The molecule has 0 radical (unpaired) electrons. The largest absolute Gasteiger partial charge is 0.354 e. The molecule has 0 heterocycles. The fourth-order valence-corrected chi connectivity index (χ4v) is 4.44. The molecule has 0 unspecified atom stereocenters. The number of nitrogens with zero attached hydrogens (tertiary/aromatic N) is 2. The molecule has 0 saturated carbocycles. The number of hydrogen-bond donors (Lipinski definition) is 1. The molecule has 0 bridgehead atoms. The van der Waals surface area contributed by atoms with Crippen LogP contribution in [0.3, 0.4) is 0 Å². The van der Waals surface area contributed by atoms with E-state index in [1.807, 2.05) is 57.2 Å². The summed E-state index contributed by atoms with van der Waals surface area (Å²) in [6.45, 7) is 8.04. The highest BCUT2D eigenvalue weighted by atomic mass is 32.2. The number of carbonyl (C=O) groups is 2. The predicted molar refractivity (Wildman–Crippen MR) is 137 cm³/mol. The lowest BCUT2D eigenvalue weighted by Gasteiger charge is -2.31. The molecule has 8 heteroatoms. The number of hydrogen-bond acceptors (Lipinski definition) is 4. The van der Waals surface area contributed by atoms with Crippen molar-refractivity contribution in [3.8, 4) is 0 Å². The molecule has 7 nitrogen and oxygen atoms in total. The first-order valence-electron chi connectivity index (χ1n) is 11.7. The number of rotatable bonds is 12. The third-order valence-corrected chi connectivity index (χ3v) is 7.08. The van der Waals surface area contributed by atoms with E-state index >= 15 is 0 Å². The zero-order valence-corrected chi connectivity index (χ0v) is 21.7. The number of aryl methyl sites for hydroxylation is 2. The molecule has 1 N–H and O–H groups in total. The number of nitrogens with one attached hydrogen (secondary N) is 1. The molecule has 1 atom stereocenters. The predicted octanol–water partition coefficient (Wildman–Crippen LogP) is 3.45. The van der Waals surface area contributed by atoms with Crippen molar-refractivity contribution in [3.05, 3.63) is 65.2 Å². The summed E-state index contributed by atoms with van der Waals surface area (Å²) in [5, 5.41) is 2.88. The van der Waals surface area contributed by atoms with Crippen molar-refractivity contribution in [3.63, 3.8) is 0 Å². The number of carbonyl (C=O) groups excluding carboxylic acids is 2. The second-order valence-electron chi connectivity index (χ2n) is 8.68. The summed E-state index contributed by atoms with van der Waals surface area (Å²) >= 11 is 0. The van der Waals surface area contributed by atoms with Crippen molar-refractivity contribution in [2.45, 2.75) is 53.0 Å². The second-order valence-corrected chi connectivity index (χ2v) is 10.6. The molecule has 2 aromatic rings. The molecule has 34 heavy (non-hydrogen) atoms. The maximum Gasteiger partial charge on any atom is 0.244 e. The Bertz CT molecular complexity index is 1070. The van der Waals surface area contributed by atoms with Gasteiger partial charge < -0.3 is 10.2 Å². The van der Waals surface area contributed by atoms with Crippen molar-refractivity contribution < 1.29 is 18.0 Å². The van der Waals surface area contributed by atoms with Crippen LogP contribution < -0.4 is 9.62 Å². The van der Waals surface area contributed by atoms with Crippen LogP contribution in [0.1, 0.15) is 43.4 Å². The van der Waals surface area contributed by atoms with Crippen LogP contribution in [0.15, 0.2) is 48.5 Å². The molecule has 186 valence electrons. The third-order valence-electron chi connectivity index (χ3n) is 5.94. The van der Waals surface area contributed by atoms with Gasteiger partial charge in [-0.2, -0.15) is 0 Å². The van der Waals surface area contributed by atoms with Crippen LogP contribution in [-0.4, -0.2) is 57.1 Å². The Morgan fingerprint density at radius 1 is 1.03 bits per heavy atom. The fraction of sp³-hybridized carbons (Fsp3) is 0.462. The summed E-state index contributed by atoms with van der Waals surface area (Å²) in [6.07, 6.45) is 3.45. The van der Waals surface area contributed by atoms with Gasteiger partial charge in [0.25, 0.3) is 0 Å². The van der Waals surface area contributed by atoms with E-state index in [1.54, 1.807) is 19.1 Å². The summed E-state index contributed by atoms with van der Waals surface area (Å²) < 4.78 is 26.3. The average Bonchev–Trinajstić information content (AvgIpc) is 2.79. The zero-order valence-electron chi connectivity index (χ0n) is 20.9. The number of sulfonamides is 1. The smallest absolute Gasteiger partial charge is 0.244 e. The van der Waals surface area contributed by atoms with Crippen molar-refractivity contribution >= 4 is 27.5 Å². The van der Waals surface area contributed by atoms with E-state index in [9.17, 15) is 18.0 Å². The minimum Gasteiger partial charge on any atom is -0.354 e. The highest BCUT2D eigenvalue weighted by molar-refractivity contribution is 7.92. The number of unbranched alkanes of at least 4 members (excludes halogenated alkanes) is 1. The Hall–Kier alpha value is -2.87. The minimum atomic E-state index is -3.72. The Labute approximate surface area is 204 Å². The zero-order chi connectivity index (χ0) is 25.3. The highest BCUT2D eigenvalue weighted by Gasteiger charge is 2.29. The Balaban J connectivity index is 2.29. The van der Waals surface area contributed by atoms with E-state index in [4.69, 9.17) is 0 Å². The summed E-state index contributed by atoms with van der Waals surface area (Å²) in [5.41, 5.74) is 3.43. The van der Waals surface area contributed by atoms with Crippen LogP contribution in [0.2, 0.25) is 0 Å². The van der Waals surface area contributed by atoms with E-state index in [2.05, 4.69) is 5.32 Å². The summed E-state index contributed by atoms with van der Waals surface area (Å²) in [4.78, 5) is 27.7. The third kappa shape index (κ3) is 7.87. The first-order valence-corrected chi connectivity index (χ1v) is 13.6. The van der Waals surface area contributed by atoms with E-state index in [0.29, 0.717) is 25.2 Å². The quantitative estimate of drug-likeness (QED) is 0.465. The number of amides is 2. The Kier molecular flexibility index (Phi) is 10.1. The van der Waals surface area contributed by atoms with Gasteiger partial charge in [-0.25, -0.2) is 8.42 Å². The van der Waals surface area contributed by atoms with Gasteiger partial charge in [0.1, 0.15) is 12.6 Å².